The first-order chi connectivity index (χ1) is 16.3. The van der Waals surface area contributed by atoms with E-state index in [0.29, 0.717) is 6.54 Å². The van der Waals surface area contributed by atoms with Crippen molar-refractivity contribution in [1.82, 2.24) is 23.8 Å². The van der Waals surface area contributed by atoms with Crippen molar-refractivity contribution >= 4 is 12.0 Å². The molecule has 0 saturated heterocycles. The van der Waals surface area contributed by atoms with Gasteiger partial charge in [-0.1, -0.05) is 48.5 Å². The van der Waals surface area contributed by atoms with E-state index in [-0.39, 0.29) is 11.5 Å². The van der Waals surface area contributed by atoms with E-state index >= 15 is 0 Å². The summed E-state index contributed by atoms with van der Waals surface area (Å²) >= 11 is 0. The van der Waals surface area contributed by atoms with Crippen LogP contribution in [0.1, 0.15) is 11.1 Å². The molecule has 4 rings (SSSR count). The summed E-state index contributed by atoms with van der Waals surface area (Å²) in [7, 11) is 4.66. The molecule has 0 fully saturated rings. The number of nitrogens with zero attached hydrogens (tertiary/aromatic N) is 5. The van der Waals surface area contributed by atoms with Gasteiger partial charge in [0.1, 0.15) is 0 Å². The summed E-state index contributed by atoms with van der Waals surface area (Å²) in [5.41, 5.74) is 2.94. The van der Waals surface area contributed by atoms with Crippen molar-refractivity contribution in [3.05, 3.63) is 111 Å². The van der Waals surface area contributed by atoms with E-state index in [4.69, 9.17) is 5.10 Å². The molecule has 0 spiro atoms. The van der Waals surface area contributed by atoms with E-state index in [1.54, 1.807) is 23.7 Å². The average Bonchev–Trinajstić information content (AvgIpc) is 3.28. The molecule has 2 heterocycles. The standard InChI is InChI=1S/C26H25N5O3/c1-28(23(32)15-14-20-16-29(2)26(34)30(3)25(20)33)17-21-18-31(22-12-8-5-9-13-22)27-24(21)19-10-6-4-7-11-19/h4-16,18H,17H2,1-3H3/b15-14+. The number of hydrogen-bond donors (Lipinski definition) is 0. The van der Waals surface area contributed by atoms with E-state index < -0.39 is 11.2 Å². The molecular formula is C26H25N5O3. The quantitative estimate of drug-likeness (QED) is 0.419. The number of amides is 1. The Morgan fingerprint density at radius 3 is 2.29 bits per heavy atom. The lowest BCUT2D eigenvalue weighted by atomic mass is 10.1. The fourth-order valence-electron chi connectivity index (χ4n) is 3.65. The van der Waals surface area contributed by atoms with Gasteiger partial charge >= 0.3 is 5.69 Å². The van der Waals surface area contributed by atoms with Crippen LogP contribution in [0, 0.1) is 0 Å². The lowest BCUT2D eigenvalue weighted by Crippen LogP contribution is -2.37. The van der Waals surface area contributed by atoms with Crippen molar-refractivity contribution in [2.24, 2.45) is 14.1 Å². The zero-order valence-electron chi connectivity index (χ0n) is 19.3. The number of likely N-dealkylation sites (N-methyl/N-ethyl adjacent to an activating group) is 1. The Labute approximate surface area is 196 Å². The number of hydrogen-bond acceptors (Lipinski definition) is 4. The summed E-state index contributed by atoms with van der Waals surface area (Å²) in [5, 5.41) is 4.78. The van der Waals surface area contributed by atoms with Crippen LogP contribution in [-0.2, 0) is 25.4 Å². The maximum Gasteiger partial charge on any atom is 0.330 e. The van der Waals surface area contributed by atoms with E-state index in [1.807, 2.05) is 66.9 Å². The minimum Gasteiger partial charge on any atom is -0.338 e. The highest BCUT2D eigenvalue weighted by atomic mass is 16.2. The molecule has 0 aliphatic heterocycles. The number of carbonyl (C=O) groups is 1. The van der Waals surface area contributed by atoms with E-state index in [2.05, 4.69) is 0 Å². The van der Waals surface area contributed by atoms with Gasteiger partial charge in [0, 0.05) is 57.3 Å². The van der Waals surface area contributed by atoms with Crippen LogP contribution >= 0.6 is 0 Å². The van der Waals surface area contributed by atoms with E-state index in [1.165, 1.54) is 30.0 Å². The molecule has 0 bridgehead atoms. The molecule has 2 aromatic heterocycles. The Kier molecular flexibility index (Phi) is 6.40. The van der Waals surface area contributed by atoms with Crippen molar-refractivity contribution in [3.63, 3.8) is 0 Å². The van der Waals surface area contributed by atoms with Gasteiger partial charge in [0.05, 0.1) is 16.9 Å². The normalized spacial score (nSPS) is 11.1. The average molecular weight is 456 g/mol. The highest BCUT2D eigenvalue weighted by Gasteiger charge is 2.16. The van der Waals surface area contributed by atoms with Crippen LogP contribution in [0.25, 0.3) is 23.0 Å². The Morgan fingerprint density at radius 1 is 0.971 bits per heavy atom. The highest BCUT2D eigenvalue weighted by molar-refractivity contribution is 5.91. The van der Waals surface area contributed by atoms with Gasteiger partial charge < -0.3 is 9.47 Å². The largest absolute Gasteiger partial charge is 0.338 e. The lowest BCUT2D eigenvalue weighted by molar-refractivity contribution is -0.125. The Hall–Kier alpha value is -4.46. The summed E-state index contributed by atoms with van der Waals surface area (Å²) in [6, 6.07) is 19.6. The number of aryl methyl sites for hydroxylation is 1. The Bertz CT molecular complexity index is 1460. The lowest BCUT2D eigenvalue weighted by Gasteiger charge is -2.15. The van der Waals surface area contributed by atoms with Crippen LogP contribution in [0.2, 0.25) is 0 Å². The summed E-state index contributed by atoms with van der Waals surface area (Å²) in [5.74, 6) is -0.276. The predicted octanol–water partition coefficient (Wildman–Crippen LogP) is 2.61. The molecule has 0 aliphatic rings. The third kappa shape index (κ3) is 4.66. The minimum atomic E-state index is -0.453. The summed E-state index contributed by atoms with van der Waals surface area (Å²) in [4.78, 5) is 38.6. The molecule has 0 unspecified atom stereocenters. The molecule has 2 aromatic carbocycles. The zero-order valence-corrected chi connectivity index (χ0v) is 19.3. The van der Waals surface area contributed by atoms with Crippen molar-refractivity contribution < 1.29 is 4.79 Å². The number of rotatable bonds is 6. The molecular weight excluding hydrogens is 430 g/mol. The van der Waals surface area contributed by atoms with E-state index in [0.717, 1.165) is 27.1 Å². The molecule has 0 radical (unpaired) electrons. The van der Waals surface area contributed by atoms with Gasteiger partial charge in [-0.15, -0.1) is 0 Å². The number of benzene rings is 2. The van der Waals surface area contributed by atoms with Crippen LogP contribution in [0.15, 0.2) is 88.7 Å². The smallest absolute Gasteiger partial charge is 0.330 e. The van der Waals surface area contributed by atoms with Crippen molar-refractivity contribution in [3.8, 4) is 16.9 Å². The summed E-state index contributed by atoms with van der Waals surface area (Å²) in [6.07, 6.45) is 6.12. The maximum absolute atomic E-state index is 12.8. The first kappa shape index (κ1) is 22.7. The van der Waals surface area contributed by atoms with Gasteiger partial charge in [-0.25, -0.2) is 9.48 Å². The predicted molar refractivity (Wildman–Crippen MR) is 131 cm³/mol. The molecule has 8 heteroatoms. The fourth-order valence-corrected chi connectivity index (χ4v) is 3.65. The maximum atomic E-state index is 12.8. The van der Waals surface area contributed by atoms with Crippen LogP contribution in [0.4, 0.5) is 0 Å². The first-order valence-electron chi connectivity index (χ1n) is 10.7. The second-order valence-corrected chi connectivity index (χ2v) is 8.02. The van der Waals surface area contributed by atoms with Crippen molar-refractivity contribution in [2.45, 2.75) is 6.54 Å². The monoisotopic (exact) mass is 455 g/mol. The minimum absolute atomic E-state index is 0.258. The Balaban J connectivity index is 1.61. The molecule has 0 atom stereocenters. The van der Waals surface area contributed by atoms with Crippen molar-refractivity contribution in [1.29, 1.82) is 0 Å². The van der Waals surface area contributed by atoms with Crippen LogP contribution in [0.3, 0.4) is 0 Å². The van der Waals surface area contributed by atoms with Gasteiger partial charge in [0.2, 0.25) is 5.91 Å². The molecule has 8 nitrogen and oxygen atoms in total. The van der Waals surface area contributed by atoms with Crippen LogP contribution in [0.5, 0.6) is 0 Å². The summed E-state index contributed by atoms with van der Waals surface area (Å²) in [6.45, 7) is 0.325. The van der Waals surface area contributed by atoms with Gasteiger partial charge in [-0.05, 0) is 18.2 Å². The van der Waals surface area contributed by atoms with E-state index in [9.17, 15) is 14.4 Å². The molecule has 34 heavy (non-hydrogen) atoms. The van der Waals surface area contributed by atoms with Crippen molar-refractivity contribution in [2.75, 3.05) is 7.05 Å². The second-order valence-electron chi connectivity index (χ2n) is 8.02. The third-order valence-electron chi connectivity index (χ3n) is 5.52. The summed E-state index contributed by atoms with van der Waals surface area (Å²) < 4.78 is 4.12. The molecule has 0 saturated carbocycles. The van der Waals surface area contributed by atoms with Gasteiger partial charge in [-0.3, -0.25) is 14.2 Å². The number of aromatic nitrogens is 4. The topological polar surface area (TPSA) is 82.1 Å². The third-order valence-corrected chi connectivity index (χ3v) is 5.52. The highest BCUT2D eigenvalue weighted by Crippen LogP contribution is 2.24. The number of para-hydroxylation sites is 1. The Morgan fingerprint density at radius 2 is 1.62 bits per heavy atom. The van der Waals surface area contributed by atoms with Crippen LogP contribution < -0.4 is 11.2 Å². The molecule has 0 N–H and O–H groups in total. The first-order valence-corrected chi connectivity index (χ1v) is 10.7. The number of carbonyl (C=O) groups excluding carboxylic acids is 1. The molecule has 4 aromatic rings. The van der Waals surface area contributed by atoms with Crippen LogP contribution in [-0.4, -0.2) is 36.8 Å². The zero-order chi connectivity index (χ0) is 24.2. The van der Waals surface area contributed by atoms with Gasteiger partial charge in [0.15, 0.2) is 0 Å². The molecule has 0 aliphatic carbocycles. The van der Waals surface area contributed by atoms with Gasteiger partial charge in [0.25, 0.3) is 5.56 Å². The SMILES string of the molecule is CN(Cc1cn(-c2ccccc2)nc1-c1ccccc1)C(=O)/C=C/c1cn(C)c(=O)n(C)c1=O. The molecule has 172 valence electrons. The van der Waals surface area contributed by atoms with Gasteiger partial charge in [-0.2, -0.15) is 5.10 Å². The fraction of sp³-hybridized carbons (Fsp3) is 0.154. The second kappa shape index (κ2) is 9.58. The molecule has 1 amide bonds.